The summed E-state index contributed by atoms with van der Waals surface area (Å²) in [5.74, 6) is -0.645. The number of aromatic hydroxyl groups is 2. The number of rotatable bonds is 10. The van der Waals surface area contributed by atoms with Gasteiger partial charge in [0, 0.05) is 0 Å². The van der Waals surface area contributed by atoms with Crippen molar-refractivity contribution in [3.8, 4) is 23.0 Å². The Bertz CT molecular complexity index is 837. The average Bonchev–Trinajstić information content (AvgIpc) is 2.65. The number of unbranched alkanes of at least 4 members (excludes halogenated alkanes) is 2. The number of carbonyl (C=O) groups is 2. The second-order valence-corrected chi connectivity index (χ2v) is 7.22. The third kappa shape index (κ3) is 5.78. The highest BCUT2D eigenvalue weighted by atomic mass is 35.5. The Morgan fingerprint density at radius 3 is 1.48 bits per heavy atom. The third-order valence-corrected chi connectivity index (χ3v) is 4.80. The number of hydrogen-bond acceptors (Lipinski definition) is 6. The number of phenolic OH excluding ortho intramolecular Hbond substituents is 2. The van der Waals surface area contributed by atoms with Crippen LogP contribution in [0, 0.1) is 0 Å². The van der Waals surface area contributed by atoms with E-state index in [0.29, 0.717) is 37.6 Å². The fraction of sp³-hybridized carbons (Fsp3) is 0.333. The summed E-state index contributed by atoms with van der Waals surface area (Å²) < 4.78 is 11.2. The normalized spacial score (nSPS) is 10.6. The van der Waals surface area contributed by atoms with Gasteiger partial charge in [0.25, 0.3) is 0 Å². The molecular weight excluding hydrogens is 419 g/mol. The largest absolute Gasteiger partial charge is 0.505 e. The SMILES string of the molecule is CC(=O)c1c(OCCCCCOc2ccc(Cl)c(O)c2C(C)=O)ccc(Cl)c1O. The van der Waals surface area contributed by atoms with Gasteiger partial charge in [-0.25, -0.2) is 0 Å². The number of hydrogen-bond donors (Lipinski definition) is 2. The summed E-state index contributed by atoms with van der Waals surface area (Å²) in [5, 5.41) is 20.0. The lowest BCUT2D eigenvalue weighted by molar-refractivity contribution is 0.0997. The minimum absolute atomic E-state index is 0.0696. The van der Waals surface area contributed by atoms with Gasteiger partial charge in [-0.05, 0) is 57.4 Å². The van der Waals surface area contributed by atoms with Crippen molar-refractivity contribution >= 4 is 34.8 Å². The van der Waals surface area contributed by atoms with Crippen molar-refractivity contribution in [2.75, 3.05) is 13.2 Å². The summed E-state index contributed by atoms with van der Waals surface area (Å²) in [6, 6.07) is 6.05. The zero-order valence-electron chi connectivity index (χ0n) is 16.1. The van der Waals surface area contributed by atoms with E-state index in [1.165, 1.54) is 26.0 Å². The predicted molar refractivity (Wildman–Crippen MR) is 111 cm³/mol. The number of Topliss-reactive ketones (excluding diaryl/α,β-unsaturated/α-hetero) is 2. The van der Waals surface area contributed by atoms with E-state index in [0.717, 1.165) is 6.42 Å². The minimum Gasteiger partial charge on any atom is -0.505 e. The van der Waals surface area contributed by atoms with Crippen LogP contribution in [0.5, 0.6) is 23.0 Å². The molecule has 0 saturated carbocycles. The molecule has 156 valence electrons. The van der Waals surface area contributed by atoms with Crippen LogP contribution in [-0.4, -0.2) is 35.0 Å². The summed E-state index contributed by atoms with van der Waals surface area (Å²) >= 11 is 11.7. The van der Waals surface area contributed by atoms with Crippen LogP contribution in [-0.2, 0) is 0 Å². The van der Waals surface area contributed by atoms with Crippen molar-refractivity contribution in [1.29, 1.82) is 0 Å². The Morgan fingerprint density at radius 2 is 1.14 bits per heavy atom. The zero-order valence-corrected chi connectivity index (χ0v) is 17.6. The fourth-order valence-corrected chi connectivity index (χ4v) is 3.08. The zero-order chi connectivity index (χ0) is 21.6. The standard InChI is InChI=1S/C21H22Cl2O6/c1-12(24)18-16(8-6-14(22)20(18)26)28-10-4-3-5-11-29-17-9-7-15(23)21(27)19(17)13(2)25/h6-9,26-27H,3-5,10-11H2,1-2H3. The Balaban J connectivity index is 1.81. The van der Waals surface area contributed by atoms with Crippen molar-refractivity contribution in [1.82, 2.24) is 0 Å². The lowest BCUT2D eigenvalue weighted by Crippen LogP contribution is -2.06. The van der Waals surface area contributed by atoms with Crippen LogP contribution in [0.2, 0.25) is 10.0 Å². The molecule has 0 heterocycles. The van der Waals surface area contributed by atoms with E-state index in [-0.39, 0.29) is 44.2 Å². The molecule has 0 aliphatic rings. The van der Waals surface area contributed by atoms with Crippen LogP contribution >= 0.6 is 23.2 Å². The molecule has 0 fully saturated rings. The Hall–Kier alpha value is -2.44. The monoisotopic (exact) mass is 440 g/mol. The highest BCUT2D eigenvalue weighted by Crippen LogP contribution is 2.36. The van der Waals surface area contributed by atoms with Crippen molar-refractivity contribution < 1.29 is 29.3 Å². The van der Waals surface area contributed by atoms with E-state index in [1.54, 1.807) is 12.1 Å². The summed E-state index contributed by atoms with van der Waals surface area (Å²) in [5.41, 5.74) is 0.139. The molecule has 0 radical (unpaired) electrons. The molecule has 2 rings (SSSR count). The molecule has 6 nitrogen and oxygen atoms in total. The summed E-state index contributed by atoms with van der Waals surface area (Å²) in [4.78, 5) is 23.4. The van der Waals surface area contributed by atoms with Crippen molar-refractivity contribution in [2.24, 2.45) is 0 Å². The van der Waals surface area contributed by atoms with Crippen molar-refractivity contribution in [3.05, 3.63) is 45.4 Å². The maximum atomic E-state index is 11.7. The van der Waals surface area contributed by atoms with Crippen LogP contribution < -0.4 is 9.47 Å². The van der Waals surface area contributed by atoms with Crippen LogP contribution in [0.3, 0.4) is 0 Å². The van der Waals surface area contributed by atoms with E-state index in [1.807, 2.05) is 0 Å². The molecule has 0 amide bonds. The lowest BCUT2D eigenvalue weighted by atomic mass is 10.1. The molecule has 0 aromatic heterocycles. The summed E-state index contributed by atoms with van der Waals surface area (Å²) in [7, 11) is 0. The highest BCUT2D eigenvalue weighted by Gasteiger charge is 2.18. The maximum absolute atomic E-state index is 11.7. The Labute approximate surface area is 179 Å². The number of carbonyl (C=O) groups excluding carboxylic acids is 2. The molecule has 2 N–H and O–H groups in total. The topological polar surface area (TPSA) is 93.1 Å². The Kier molecular flexibility index (Phi) is 8.17. The van der Waals surface area contributed by atoms with Gasteiger partial charge in [0.15, 0.2) is 11.6 Å². The van der Waals surface area contributed by atoms with Gasteiger partial charge in [-0.15, -0.1) is 0 Å². The molecule has 0 spiro atoms. The van der Waals surface area contributed by atoms with Gasteiger partial charge in [-0.1, -0.05) is 23.2 Å². The number of benzene rings is 2. The Morgan fingerprint density at radius 1 is 0.759 bits per heavy atom. The molecule has 0 saturated heterocycles. The van der Waals surface area contributed by atoms with E-state index < -0.39 is 0 Å². The van der Waals surface area contributed by atoms with Gasteiger partial charge in [-0.2, -0.15) is 0 Å². The molecule has 2 aromatic carbocycles. The van der Waals surface area contributed by atoms with E-state index in [9.17, 15) is 19.8 Å². The first-order valence-electron chi connectivity index (χ1n) is 9.04. The molecular formula is C21H22Cl2O6. The van der Waals surface area contributed by atoms with Crippen molar-refractivity contribution in [2.45, 2.75) is 33.1 Å². The molecule has 2 aromatic rings. The number of phenols is 2. The number of halogens is 2. The quantitative estimate of drug-likeness (QED) is 0.377. The van der Waals surface area contributed by atoms with Crippen LogP contribution in [0.1, 0.15) is 53.8 Å². The second kappa shape index (κ2) is 10.4. The summed E-state index contributed by atoms with van der Waals surface area (Å²) in [6.45, 7) is 3.36. The second-order valence-electron chi connectivity index (χ2n) is 6.41. The highest BCUT2D eigenvalue weighted by molar-refractivity contribution is 6.33. The third-order valence-electron chi connectivity index (χ3n) is 4.19. The van der Waals surface area contributed by atoms with Gasteiger partial charge in [0.1, 0.15) is 34.1 Å². The first-order valence-corrected chi connectivity index (χ1v) is 9.80. The smallest absolute Gasteiger partial charge is 0.167 e. The molecule has 0 unspecified atom stereocenters. The minimum atomic E-state index is -0.333. The average molecular weight is 441 g/mol. The van der Waals surface area contributed by atoms with E-state index >= 15 is 0 Å². The van der Waals surface area contributed by atoms with Crippen molar-refractivity contribution in [3.63, 3.8) is 0 Å². The van der Waals surface area contributed by atoms with Crippen LogP contribution in [0.4, 0.5) is 0 Å². The molecule has 0 atom stereocenters. The van der Waals surface area contributed by atoms with Gasteiger partial charge >= 0.3 is 0 Å². The van der Waals surface area contributed by atoms with Gasteiger partial charge < -0.3 is 19.7 Å². The molecule has 0 aliphatic heterocycles. The molecule has 8 heteroatoms. The fourth-order valence-electron chi connectivity index (χ4n) is 2.76. The van der Waals surface area contributed by atoms with Crippen LogP contribution in [0.15, 0.2) is 24.3 Å². The number of ether oxygens (including phenoxy) is 2. The van der Waals surface area contributed by atoms with Gasteiger partial charge in [0.05, 0.1) is 23.3 Å². The molecule has 0 aliphatic carbocycles. The maximum Gasteiger partial charge on any atom is 0.167 e. The molecule has 0 bridgehead atoms. The van der Waals surface area contributed by atoms with E-state index in [2.05, 4.69) is 0 Å². The van der Waals surface area contributed by atoms with Gasteiger partial charge in [-0.3, -0.25) is 9.59 Å². The van der Waals surface area contributed by atoms with Gasteiger partial charge in [0.2, 0.25) is 0 Å². The first kappa shape index (κ1) is 22.8. The summed E-state index contributed by atoms with van der Waals surface area (Å²) in [6.07, 6.45) is 2.15. The lowest BCUT2D eigenvalue weighted by Gasteiger charge is -2.13. The van der Waals surface area contributed by atoms with E-state index in [4.69, 9.17) is 32.7 Å². The number of ketones is 2. The molecule has 29 heavy (non-hydrogen) atoms. The predicted octanol–water partition coefficient (Wildman–Crippen LogP) is 5.44. The first-order chi connectivity index (χ1) is 13.7. The van der Waals surface area contributed by atoms with Crippen LogP contribution in [0.25, 0.3) is 0 Å².